The lowest BCUT2D eigenvalue weighted by Crippen LogP contribution is -2.13. The van der Waals surface area contributed by atoms with Gasteiger partial charge in [0.1, 0.15) is 0 Å². The third-order valence-corrected chi connectivity index (χ3v) is 4.77. The SMILES string of the molecule is O=C(Nc1nnc(-c2cccc(-c3ccsc3)c2)o1)c1ccc(C(F)(F)F)cc1. The molecule has 1 N–H and O–H groups in total. The van der Waals surface area contributed by atoms with Gasteiger partial charge in [0.05, 0.1) is 5.56 Å². The summed E-state index contributed by atoms with van der Waals surface area (Å²) < 4.78 is 43.3. The van der Waals surface area contributed by atoms with Gasteiger partial charge in [0.15, 0.2) is 0 Å². The molecule has 2 aromatic heterocycles. The molecule has 1 amide bonds. The highest BCUT2D eigenvalue weighted by Crippen LogP contribution is 2.30. The number of aromatic nitrogens is 2. The summed E-state index contributed by atoms with van der Waals surface area (Å²) in [6, 6.07) is 13.2. The van der Waals surface area contributed by atoms with Crippen molar-refractivity contribution in [1.29, 1.82) is 0 Å². The second-order valence-corrected chi connectivity index (χ2v) is 6.81. The number of hydrogen-bond acceptors (Lipinski definition) is 5. The fourth-order valence-corrected chi connectivity index (χ4v) is 3.30. The van der Waals surface area contributed by atoms with Gasteiger partial charge in [0.2, 0.25) is 5.89 Å². The van der Waals surface area contributed by atoms with Crippen LogP contribution in [0.3, 0.4) is 0 Å². The minimum Gasteiger partial charge on any atom is -0.403 e. The monoisotopic (exact) mass is 415 g/mol. The van der Waals surface area contributed by atoms with Crippen molar-refractivity contribution in [2.45, 2.75) is 6.18 Å². The molecule has 0 radical (unpaired) electrons. The van der Waals surface area contributed by atoms with Gasteiger partial charge in [-0.05, 0) is 64.4 Å². The Morgan fingerprint density at radius 2 is 1.72 bits per heavy atom. The lowest BCUT2D eigenvalue weighted by molar-refractivity contribution is -0.137. The minimum absolute atomic E-state index is 0.0391. The second-order valence-electron chi connectivity index (χ2n) is 6.03. The van der Waals surface area contributed by atoms with E-state index in [1.54, 1.807) is 17.4 Å². The maximum atomic E-state index is 12.6. The topological polar surface area (TPSA) is 68.0 Å². The van der Waals surface area contributed by atoms with E-state index in [-0.39, 0.29) is 17.5 Å². The highest BCUT2D eigenvalue weighted by Gasteiger charge is 2.30. The highest BCUT2D eigenvalue weighted by atomic mass is 32.1. The van der Waals surface area contributed by atoms with E-state index in [1.807, 2.05) is 35.0 Å². The molecule has 2 heterocycles. The van der Waals surface area contributed by atoms with Crippen molar-refractivity contribution in [1.82, 2.24) is 10.2 Å². The third-order valence-electron chi connectivity index (χ3n) is 4.08. The van der Waals surface area contributed by atoms with E-state index in [4.69, 9.17) is 4.42 Å². The Labute approximate surface area is 166 Å². The summed E-state index contributed by atoms with van der Waals surface area (Å²) in [6.07, 6.45) is -4.46. The van der Waals surface area contributed by atoms with Crippen molar-refractivity contribution in [2.24, 2.45) is 0 Å². The van der Waals surface area contributed by atoms with Crippen LogP contribution in [-0.4, -0.2) is 16.1 Å². The van der Waals surface area contributed by atoms with E-state index >= 15 is 0 Å². The Kier molecular flexibility index (Phi) is 4.89. The lowest BCUT2D eigenvalue weighted by Gasteiger charge is -2.07. The predicted octanol–water partition coefficient (Wildman–Crippen LogP) is 5.74. The van der Waals surface area contributed by atoms with Crippen molar-refractivity contribution >= 4 is 23.3 Å². The molecule has 146 valence electrons. The first-order valence-electron chi connectivity index (χ1n) is 8.35. The fraction of sp³-hybridized carbons (Fsp3) is 0.0500. The summed E-state index contributed by atoms with van der Waals surface area (Å²) in [5, 5.41) is 14.1. The first kappa shape index (κ1) is 18.9. The molecule has 9 heteroatoms. The molecule has 5 nitrogen and oxygen atoms in total. The van der Waals surface area contributed by atoms with Crippen LogP contribution in [0.5, 0.6) is 0 Å². The highest BCUT2D eigenvalue weighted by molar-refractivity contribution is 7.08. The van der Waals surface area contributed by atoms with Crippen LogP contribution in [0.4, 0.5) is 19.2 Å². The van der Waals surface area contributed by atoms with Gasteiger partial charge in [-0.3, -0.25) is 10.1 Å². The number of carbonyl (C=O) groups excluding carboxylic acids is 1. The molecule has 0 aliphatic carbocycles. The number of alkyl halides is 3. The number of benzene rings is 2. The molecular formula is C20H12F3N3O2S. The Hall–Kier alpha value is -3.46. The molecule has 0 aliphatic heterocycles. The molecule has 0 saturated carbocycles. The molecular weight excluding hydrogens is 403 g/mol. The number of amides is 1. The van der Waals surface area contributed by atoms with Gasteiger partial charge in [0.25, 0.3) is 5.91 Å². The molecule has 29 heavy (non-hydrogen) atoms. The zero-order valence-electron chi connectivity index (χ0n) is 14.6. The van der Waals surface area contributed by atoms with Crippen LogP contribution in [-0.2, 0) is 6.18 Å². The first-order chi connectivity index (χ1) is 13.9. The van der Waals surface area contributed by atoms with Crippen molar-refractivity contribution < 1.29 is 22.4 Å². The molecule has 0 saturated heterocycles. The molecule has 0 unspecified atom stereocenters. The molecule has 0 atom stereocenters. The maximum absolute atomic E-state index is 12.6. The normalized spacial score (nSPS) is 11.4. The van der Waals surface area contributed by atoms with Crippen molar-refractivity contribution in [3.63, 3.8) is 0 Å². The van der Waals surface area contributed by atoms with E-state index in [0.717, 1.165) is 35.4 Å². The van der Waals surface area contributed by atoms with Gasteiger partial charge < -0.3 is 4.42 Å². The molecule has 2 aromatic carbocycles. The fourth-order valence-electron chi connectivity index (χ4n) is 2.63. The summed E-state index contributed by atoms with van der Waals surface area (Å²) in [6.45, 7) is 0. The third kappa shape index (κ3) is 4.19. The summed E-state index contributed by atoms with van der Waals surface area (Å²) in [7, 11) is 0. The largest absolute Gasteiger partial charge is 0.416 e. The minimum atomic E-state index is -4.46. The summed E-state index contributed by atoms with van der Waals surface area (Å²) in [5.74, 6) is -0.439. The number of nitrogens with one attached hydrogen (secondary N) is 1. The summed E-state index contributed by atoms with van der Waals surface area (Å²) >= 11 is 1.59. The van der Waals surface area contributed by atoms with Gasteiger partial charge in [-0.2, -0.15) is 24.5 Å². The molecule has 4 rings (SSSR count). The van der Waals surface area contributed by atoms with Crippen LogP contribution >= 0.6 is 11.3 Å². The molecule has 0 spiro atoms. The number of hydrogen-bond donors (Lipinski definition) is 1. The van der Waals surface area contributed by atoms with Gasteiger partial charge in [0, 0.05) is 11.1 Å². The van der Waals surface area contributed by atoms with Crippen molar-refractivity contribution in [3.05, 3.63) is 76.5 Å². The van der Waals surface area contributed by atoms with Crippen LogP contribution in [0.1, 0.15) is 15.9 Å². The quantitative estimate of drug-likeness (QED) is 0.462. The van der Waals surface area contributed by atoms with Crippen molar-refractivity contribution in [2.75, 3.05) is 5.32 Å². The van der Waals surface area contributed by atoms with Crippen molar-refractivity contribution in [3.8, 4) is 22.6 Å². The first-order valence-corrected chi connectivity index (χ1v) is 9.29. The molecule has 0 fully saturated rings. The standard InChI is InChI=1S/C20H12F3N3O2S/c21-20(22,23)16-6-4-12(5-7-16)17(27)24-19-26-25-18(28-19)14-3-1-2-13(10-14)15-8-9-29-11-15/h1-11H,(H,24,26,27). The Balaban J connectivity index is 1.50. The zero-order valence-corrected chi connectivity index (χ0v) is 15.4. The van der Waals surface area contributed by atoms with E-state index in [1.165, 1.54) is 0 Å². The van der Waals surface area contributed by atoms with Gasteiger partial charge >= 0.3 is 12.2 Å². The maximum Gasteiger partial charge on any atom is 0.416 e. The number of anilines is 1. The summed E-state index contributed by atoms with van der Waals surface area (Å²) in [5.41, 5.74) is 1.93. The predicted molar refractivity (Wildman–Crippen MR) is 102 cm³/mol. The zero-order chi connectivity index (χ0) is 20.4. The number of thiophene rings is 1. The van der Waals surface area contributed by atoms with Crippen LogP contribution in [0.2, 0.25) is 0 Å². The molecule has 4 aromatic rings. The van der Waals surface area contributed by atoms with Crippen LogP contribution in [0, 0.1) is 0 Å². The van der Waals surface area contributed by atoms with E-state index < -0.39 is 17.6 Å². The number of halogens is 3. The smallest absolute Gasteiger partial charge is 0.403 e. The number of rotatable bonds is 4. The van der Waals surface area contributed by atoms with Gasteiger partial charge in [-0.15, -0.1) is 5.10 Å². The second kappa shape index (κ2) is 7.51. The average Bonchev–Trinajstić information content (AvgIpc) is 3.40. The average molecular weight is 415 g/mol. The van der Waals surface area contributed by atoms with Crippen LogP contribution < -0.4 is 5.32 Å². The lowest BCUT2D eigenvalue weighted by atomic mass is 10.1. The Morgan fingerprint density at radius 1 is 0.966 bits per heavy atom. The number of nitrogens with zero attached hydrogens (tertiary/aromatic N) is 2. The molecule has 0 bridgehead atoms. The van der Waals surface area contributed by atoms with E-state index in [2.05, 4.69) is 15.5 Å². The van der Waals surface area contributed by atoms with Crippen LogP contribution in [0.15, 0.2) is 69.8 Å². The van der Waals surface area contributed by atoms with E-state index in [9.17, 15) is 18.0 Å². The molecule has 0 aliphatic rings. The number of carbonyl (C=O) groups is 1. The van der Waals surface area contributed by atoms with E-state index in [0.29, 0.717) is 5.56 Å². The Morgan fingerprint density at radius 3 is 2.41 bits per heavy atom. The van der Waals surface area contributed by atoms with Gasteiger partial charge in [-0.1, -0.05) is 17.2 Å². The Bertz CT molecular complexity index is 1140. The summed E-state index contributed by atoms with van der Waals surface area (Å²) in [4.78, 5) is 12.2. The van der Waals surface area contributed by atoms with Gasteiger partial charge in [-0.25, -0.2) is 0 Å². The van der Waals surface area contributed by atoms with Crippen LogP contribution in [0.25, 0.3) is 22.6 Å².